The third-order valence-corrected chi connectivity index (χ3v) is 6.49. The number of aliphatic hydroxyl groups is 4. The van der Waals surface area contributed by atoms with Crippen LogP contribution in [0.25, 0.3) is 0 Å². The van der Waals surface area contributed by atoms with Gasteiger partial charge in [-0.2, -0.15) is 0 Å². The Morgan fingerprint density at radius 2 is 1.17 bits per heavy atom. The molecule has 6 atom stereocenters. The highest BCUT2D eigenvalue weighted by Gasteiger charge is 2.46. The van der Waals surface area contributed by atoms with E-state index in [2.05, 4.69) is 13.2 Å². The van der Waals surface area contributed by atoms with E-state index >= 15 is 0 Å². The van der Waals surface area contributed by atoms with Gasteiger partial charge in [-0.15, -0.1) is 0 Å². The molecule has 0 aliphatic heterocycles. The third kappa shape index (κ3) is 4.10. The number of allylic oxidation sites excluding steroid dienone is 2. The van der Waals surface area contributed by atoms with E-state index in [1.807, 2.05) is 13.8 Å². The van der Waals surface area contributed by atoms with Crippen molar-refractivity contribution >= 4 is 0 Å². The Kier molecular flexibility index (Phi) is 5.96. The molecule has 2 aliphatic rings. The largest absolute Gasteiger partial charge is 0.390 e. The summed E-state index contributed by atoms with van der Waals surface area (Å²) >= 11 is 0. The van der Waals surface area contributed by atoms with Crippen LogP contribution in [0.4, 0.5) is 0 Å². The number of rotatable bonds is 5. The second kappa shape index (κ2) is 7.28. The summed E-state index contributed by atoms with van der Waals surface area (Å²) < 4.78 is 0. The molecule has 0 aromatic rings. The normalized spacial score (nSPS) is 43.4. The summed E-state index contributed by atoms with van der Waals surface area (Å²) in [6, 6.07) is 0. The van der Waals surface area contributed by atoms with E-state index in [1.165, 1.54) is 0 Å². The van der Waals surface area contributed by atoms with Crippen LogP contribution >= 0.6 is 0 Å². The van der Waals surface area contributed by atoms with Crippen LogP contribution in [0.3, 0.4) is 0 Å². The predicted octanol–water partition coefficient (Wildman–Crippen LogP) is 2.70. The lowest BCUT2D eigenvalue weighted by atomic mass is 9.68. The van der Waals surface area contributed by atoms with Crippen molar-refractivity contribution in [2.24, 2.45) is 11.8 Å². The number of aliphatic hydroxyl groups excluding tert-OH is 2. The zero-order valence-corrected chi connectivity index (χ0v) is 15.2. The van der Waals surface area contributed by atoms with Crippen LogP contribution in [-0.2, 0) is 0 Å². The van der Waals surface area contributed by atoms with Crippen molar-refractivity contribution in [1.82, 2.24) is 0 Å². The van der Waals surface area contributed by atoms with Gasteiger partial charge in [0.05, 0.1) is 23.4 Å². The quantitative estimate of drug-likeness (QED) is 0.581. The van der Waals surface area contributed by atoms with E-state index in [-0.39, 0.29) is 11.8 Å². The molecule has 0 bridgehead atoms. The lowest BCUT2D eigenvalue weighted by molar-refractivity contribution is -0.148. The molecule has 0 saturated heterocycles. The van der Waals surface area contributed by atoms with Crippen molar-refractivity contribution < 1.29 is 20.4 Å². The Balaban J connectivity index is 1.94. The predicted molar refractivity (Wildman–Crippen MR) is 95.5 cm³/mol. The molecule has 2 saturated carbocycles. The zero-order valence-electron chi connectivity index (χ0n) is 15.2. The number of hydrogen-bond donors (Lipinski definition) is 4. The van der Waals surface area contributed by atoms with Gasteiger partial charge in [0.1, 0.15) is 0 Å². The minimum Gasteiger partial charge on any atom is -0.390 e. The second-order valence-corrected chi connectivity index (χ2v) is 8.37. The molecule has 0 aromatic carbocycles. The SMILES string of the molecule is C=C(C)[C@@H]1CC[C@@](O)(CC[C@]2(O)CC[C@@H](C(=C)C)C[C@H]2O)[C@H](O)C1. The van der Waals surface area contributed by atoms with E-state index in [4.69, 9.17) is 0 Å². The summed E-state index contributed by atoms with van der Waals surface area (Å²) in [5.74, 6) is 0.500. The molecule has 2 aliphatic carbocycles. The Hall–Kier alpha value is -0.680. The van der Waals surface area contributed by atoms with Crippen molar-refractivity contribution in [3.8, 4) is 0 Å². The molecule has 4 nitrogen and oxygen atoms in total. The first-order chi connectivity index (χ1) is 11.1. The lowest BCUT2D eigenvalue weighted by Crippen LogP contribution is -2.52. The van der Waals surface area contributed by atoms with E-state index < -0.39 is 23.4 Å². The molecule has 0 amide bonds. The van der Waals surface area contributed by atoms with Gasteiger partial charge in [0.15, 0.2) is 0 Å². The molecule has 24 heavy (non-hydrogen) atoms. The maximum Gasteiger partial charge on any atom is 0.0907 e. The molecule has 4 heteroatoms. The molecular weight excluding hydrogens is 304 g/mol. The van der Waals surface area contributed by atoms with Gasteiger partial charge in [0, 0.05) is 0 Å². The Labute approximate surface area is 145 Å². The van der Waals surface area contributed by atoms with Gasteiger partial charge < -0.3 is 20.4 Å². The first-order valence-corrected chi connectivity index (χ1v) is 9.19. The summed E-state index contributed by atoms with van der Waals surface area (Å²) in [5.41, 5.74) is -0.259. The van der Waals surface area contributed by atoms with E-state index in [0.717, 1.165) is 24.0 Å². The fourth-order valence-electron chi connectivity index (χ4n) is 4.31. The highest BCUT2D eigenvalue weighted by Crippen LogP contribution is 2.43. The Bertz CT molecular complexity index is 444. The van der Waals surface area contributed by atoms with Crippen molar-refractivity contribution in [3.05, 3.63) is 24.3 Å². The summed E-state index contributed by atoms with van der Waals surface area (Å²) in [5, 5.41) is 42.4. The van der Waals surface area contributed by atoms with Crippen molar-refractivity contribution in [1.29, 1.82) is 0 Å². The monoisotopic (exact) mass is 338 g/mol. The molecule has 0 heterocycles. The lowest BCUT2D eigenvalue weighted by Gasteiger charge is -2.45. The average molecular weight is 338 g/mol. The second-order valence-electron chi connectivity index (χ2n) is 8.37. The van der Waals surface area contributed by atoms with Crippen LogP contribution in [-0.4, -0.2) is 43.8 Å². The smallest absolute Gasteiger partial charge is 0.0907 e. The van der Waals surface area contributed by atoms with Crippen LogP contribution in [0, 0.1) is 11.8 Å². The van der Waals surface area contributed by atoms with E-state index in [0.29, 0.717) is 38.5 Å². The Morgan fingerprint density at radius 1 is 0.833 bits per heavy atom. The average Bonchev–Trinajstić information content (AvgIpc) is 2.51. The highest BCUT2D eigenvalue weighted by atomic mass is 16.3. The maximum atomic E-state index is 10.8. The summed E-state index contributed by atoms with van der Waals surface area (Å²) in [4.78, 5) is 0. The van der Waals surface area contributed by atoms with Crippen LogP contribution in [0.2, 0.25) is 0 Å². The Morgan fingerprint density at radius 3 is 1.42 bits per heavy atom. The molecule has 0 radical (unpaired) electrons. The third-order valence-electron chi connectivity index (χ3n) is 6.49. The minimum absolute atomic E-state index is 0.250. The van der Waals surface area contributed by atoms with E-state index in [9.17, 15) is 20.4 Å². The van der Waals surface area contributed by atoms with E-state index in [1.54, 1.807) is 0 Å². The van der Waals surface area contributed by atoms with Crippen molar-refractivity contribution in [2.75, 3.05) is 0 Å². The van der Waals surface area contributed by atoms with Gasteiger partial charge in [-0.05, 0) is 77.0 Å². The van der Waals surface area contributed by atoms with Gasteiger partial charge in [-0.3, -0.25) is 0 Å². The van der Waals surface area contributed by atoms with Crippen LogP contribution < -0.4 is 0 Å². The number of hydrogen-bond acceptors (Lipinski definition) is 4. The fourth-order valence-corrected chi connectivity index (χ4v) is 4.31. The maximum absolute atomic E-state index is 10.8. The van der Waals surface area contributed by atoms with Crippen molar-refractivity contribution in [2.45, 2.75) is 88.6 Å². The van der Waals surface area contributed by atoms with Crippen LogP contribution in [0.1, 0.15) is 65.2 Å². The highest BCUT2D eigenvalue weighted by molar-refractivity contribution is 5.07. The standard InChI is InChI=1S/C20H34O4/c1-13(2)15-5-7-19(23,17(21)11-15)9-10-20(24)8-6-16(14(3)4)12-18(20)22/h15-18,21-24H,1,3,5-12H2,2,4H3/t15-,16-,17-,18-,19-,20-/m1/s1. The topological polar surface area (TPSA) is 80.9 Å². The zero-order chi connectivity index (χ0) is 18.1. The summed E-state index contributed by atoms with van der Waals surface area (Å²) in [7, 11) is 0. The van der Waals surface area contributed by atoms with Gasteiger partial charge in [0.25, 0.3) is 0 Å². The first kappa shape index (κ1) is 19.6. The van der Waals surface area contributed by atoms with Crippen LogP contribution in [0.15, 0.2) is 24.3 Å². The first-order valence-electron chi connectivity index (χ1n) is 9.19. The fraction of sp³-hybridized carbons (Fsp3) is 0.800. The van der Waals surface area contributed by atoms with Gasteiger partial charge in [-0.1, -0.05) is 24.3 Å². The van der Waals surface area contributed by atoms with Gasteiger partial charge >= 0.3 is 0 Å². The molecule has 0 unspecified atom stereocenters. The summed E-state index contributed by atoms with van der Waals surface area (Å²) in [6.45, 7) is 11.8. The molecule has 138 valence electrons. The van der Waals surface area contributed by atoms with Gasteiger partial charge in [0.2, 0.25) is 0 Å². The summed E-state index contributed by atoms with van der Waals surface area (Å²) in [6.07, 6.45) is 2.67. The molecular formula is C20H34O4. The van der Waals surface area contributed by atoms with Gasteiger partial charge in [-0.25, -0.2) is 0 Å². The van der Waals surface area contributed by atoms with Crippen LogP contribution in [0.5, 0.6) is 0 Å². The molecule has 2 fully saturated rings. The molecule has 2 rings (SSSR count). The molecule has 4 N–H and O–H groups in total. The van der Waals surface area contributed by atoms with Crippen molar-refractivity contribution in [3.63, 3.8) is 0 Å². The minimum atomic E-state index is -1.17. The molecule has 0 aromatic heterocycles. The molecule has 0 spiro atoms.